The molecule has 0 aliphatic heterocycles. The summed E-state index contributed by atoms with van der Waals surface area (Å²) < 4.78 is 198. The summed E-state index contributed by atoms with van der Waals surface area (Å²) in [6.07, 6.45) is 23.5. The summed E-state index contributed by atoms with van der Waals surface area (Å²) >= 11 is 0. The number of ether oxygens (including phenoxy) is 4. The second kappa shape index (κ2) is 36.9. The lowest BCUT2D eigenvalue weighted by Crippen LogP contribution is -2.61. The zero-order chi connectivity index (χ0) is 65.7. The van der Waals surface area contributed by atoms with E-state index in [1.165, 1.54) is 158 Å². The highest BCUT2D eigenvalue weighted by molar-refractivity contribution is 8.33. The van der Waals surface area contributed by atoms with Crippen molar-refractivity contribution < 1.29 is 69.4 Å². The number of hydrogen-bond donors (Lipinski definition) is 0. The van der Waals surface area contributed by atoms with E-state index >= 15 is 26.3 Å². The highest BCUT2D eigenvalue weighted by Gasteiger charge is 2.84. The minimum atomic E-state index is -7.41. The van der Waals surface area contributed by atoms with E-state index in [0.717, 1.165) is 128 Å². The molecule has 6 aromatic carbocycles. The van der Waals surface area contributed by atoms with Gasteiger partial charge in [-0.3, -0.25) is 0 Å². The molecule has 0 fully saturated rings. The molecule has 0 saturated carbocycles. The molecule has 0 saturated heterocycles. The molecule has 0 amide bonds. The van der Waals surface area contributed by atoms with Gasteiger partial charge in [0.1, 0.15) is 23.0 Å². The van der Waals surface area contributed by atoms with Crippen molar-refractivity contribution in [2.45, 2.75) is 228 Å². The molecule has 0 unspecified atom stereocenters. The van der Waals surface area contributed by atoms with Crippen LogP contribution >= 0.6 is 20.6 Å². The van der Waals surface area contributed by atoms with Crippen molar-refractivity contribution in [3.05, 3.63) is 158 Å². The minimum absolute atomic E-state index is 0.129. The zero-order valence-electron chi connectivity index (χ0n) is 53.3. The van der Waals surface area contributed by atoms with E-state index in [4.69, 9.17) is 26.2 Å². The largest absolute Gasteiger partial charge is 0.494 e. The summed E-state index contributed by atoms with van der Waals surface area (Å²) in [5, 5.41) is -14.0. The molecule has 0 aromatic heterocycles. The SMILES string of the molecule is CCCCCCCCOc1ccc(S(OS(=O)(=O)C(F)(F)C(F)(F)C(F)(F)S(=O)(=O)OS(c2ccccc2)(c2ccc(OCCCCCCCC)cc2)c2ccc(OCCCCCCCC)cc2)(c2ccccc2)c2ccc(OCCCCCCCC)cc2)cc1. The molecular formula is C71H94F6O10S4. The first-order valence-electron chi connectivity index (χ1n) is 32.5. The maximum atomic E-state index is 17.3. The van der Waals surface area contributed by atoms with Crippen molar-refractivity contribution in [3.8, 4) is 23.0 Å². The Morgan fingerprint density at radius 2 is 0.473 bits per heavy atom. The zero-order valence-corrected chi connectivity index (χ0v) is 56.6. The third kappa shape index (κ3) is 19.8. The second-order valence-electron chi connectivity index (χ2n) is 22.7. The van der Waals surface area contributed by atoms with E-state index in [1.54, 1.807) is 0 Å². The van der Waals surface area contributed by atoms with Crippen LogP contribution in [0.1, 0.15) is 182 Å². The van der Waals surface area contributed by atoms with Crippen LogP contribution in [0.4, 0.5) is 26.3 Å². The summed E-state index contributed by atoms with van der Waals surface area (Å²) in [4.78, 5) is -0.848. The number of benzene rings is 6. The van der Waals surface area contributed by atoms with Crippen molar-refractivity contribution in [2.75, 3.05) is 26.4 Å². The van der Waals surface area contributed by atoms with Crippen LogP contribution in [0.5, 0.6) is 23.0 Å². The first-order valence-corrected chi connectivity index (χ1v) is 38.4. The molecule has 504 valence electrons. The average Bonchev–Trinajstić information content (AvgIpc) is 0.715. The molecule has 20 heteroatoms. The van der Waals surface area contributed by atoms with Crippen LogP contribution in [0, 0.1) is 0 Å². The van der Waals surface area contributed by atoms with Crippen molar-refractivity contribution in [1.29, 1.82) is 0 Å². The van der Waals surface area contributed by atoms with Gasteiger partial charge in [-0.2, -0.15) is 43.2 Å². The Bertz CT molecular complexity index is 2900. The van der Waals surface area contributed by atoms with Crippen LogP contribution < -0.4 is 18.9 Å². The highest BCUT2D eigenvalue weighted by atomic mass is 32.3. The lowest BCUT2D eigenvalue weighted by Gasteiger charge is -2.42. The first-order chi connectivity index (χ1) is 43.8. The van der Waals surface area contributed by atoms with Gasteiger partial charge < -0.3 is 18.9 Å². The van der Waals surface area contributed by atoms with Gasteiger partial charge in [-0.05, 0) is 168 Å². The molecule has 10 nitrogen and oxygen atoms in total. The van der Waals surface area contributed by atoms with Crippen LogP contribution in [0.15, 0.2) is 187 Å². The van der Waals surface area contributed by atoms with Gasteiger partial charge in [-0.25, -0.2) is 7.26 Å². The third-order valence-corrected chi connectivity index (χ3v) is 26.0. The summed E-state index contributed by atoms with van der Waals surface area (Å²) in [5.74, 6) is -6.11. The lowest BCUT2D eigenvalue weighted by molar-refractivity contribution is -0.246. The van der Waals surface area contributed by atoms with Crippen LogP contribution in [0.2, 0.25) is 0 Å². The van der Waals surface area contributed by atoms with Crippen LogP contribution in [0.3, 0.4) is 0 Å². The van der Waals surface area contributed by atoms with Gasteiger partial charge >= 0.3 is 36.7 Å². The number of rotatable bonds is 46. The summed E-state index contributed by atoms with van der Waals surface area (Å²) in [6, 6.07) is 36.2. The van der Waals surface area contributed by atoms with Crippen LogP contribution in [-0.4, -0.2) is 59.7 Å². The quantitative estimate of drug-likeness (QED) is 0.0270. The summed E-state index contributed by atoms with van der Waals surface area (Å²) in [7, 11) is -23.3. The first kappa shape index (κ1) is 74.7. The fraction of sp³-hybridized carbons (Fsp3) is 0.493. The Morgan fingerprint density at radius 1 is 0.275 bits per heavy atom. The fourth-order valence-corrected chi connectivity index (χ4v) is 20.8. The molecule has 6 rings (SSSR count). The van der Waals surface area contributed by atoms with Crippen molar-refractivity contribution in [2.24, 2.45) is 0 Å². The number of alkyl halides is 6. The molecule has 0 atom stereocenters. The predicted octanol–water partition coefficient (Wildman–Crippen LogP) is 22.3. The molecule has 0 N–H and O–H groups in total. The Hall–Kier alpha value is -5.38. The normalized spacial score (nSPS) is 13.0. The predicted molar refractivity (Wildman–Crippen MR) is 354 cm³/mol. The topological polar surface area (TPSA) is 124 Å². The fourth-order valence-electron chi connectivity index (χ4n) is 10.3. The smallest absolute Gasteiger partial charge is 0.440 e. The van der Waals surface area contributed by atoms with E-state index < -0.39 is 57.3 Å². The highest BCUT2D eigenvalue weighted by Crippen LogP contribution is 2.73. The van der Waals surface area contributed by atoms with E-state index in [9.17, 15) is 16.8 Å². The van der Waals surface area contributed by atoms with Gasteiger partial charge in [0.2, 0.25) is 0 Å². The van der Waals surface area contributed by atoms with Gasteiger partial charge in [0.05, 0.1) is 26.4 Å². The minimum Gasteiger partial charge on any atom is -0.494 e. The van der Waals surface area contributed by atoms with Gasteiger partial charge in [0, 0.05) is 29.4 Å². The molecule has 0 aliphatic carbocycles. The van der Waals surface area contributed by atoms with E-state index in [1.807, 2.05) is 0 Å². The second-order valence-corrected chi connectivity index (χ2v) is 31.7. The van der Waals surface area contributed by atoms with E-state index in [-0.39, 0.29) is 29.4 Å². The van der Waals surface area contributed by atoms with E-state index in [0.29, 0.717) is 75.1 Å². The molecule has 91 heavy (non-hydrogen) atoms. The number of unbranched alkanes of at least 4 members (excludes halogenated alkanes) is 20. The van der Waals surface area contributed by atoms with Gasteiger partial charge in [0.25, 0.3) is 0 Å². The third-order valence-electron chi connectivity index (χ3n) is 15.6. The molecule has 0 radical (unpaired) electrons. The van der Waals surface area contributed by atoms with Crippen molar-refractivity contribution >= 4 is 40.9 Å². The maximum Gasteiger partial charge on any atom is 0.440 e. The van der Waals surface area contributed by atoms with Gasteiger partial charge in [-0.1, -0.05) is 193 Å². The molecule has 0 bridgehead atoms. The number of hydrogen-bond acceptors (Lipinski definition) is 10. The monoisotopic (exact) mass is 1350 g/mol. The summed E-state index contributed by atoms with van der Waals surface area (Å²) in [6.45, 7) is 9.71. The average molecular weight is 1350 g/mol. The molecular weight excluding hydrogens is 1260 g/mol. The Balaban J connectivity index is 1.42. The standard InChI is InChI=1S/C71H94F6O10S4/c1-5-9-13-17-21-31-55-82-59-39-47-65(48-40-59)88(63-35-27-25-28-36-63,66-49-41-60(42-50-66)83-56-32-22-18-14-10-6-2)86-90(78,79)70(74,75)69(72,73)71(76,77)91(80,81)87-89(64-37-29-26-30-38-64,67-51-43-61(44-52-67)84-57-33-23-19-15-11-7-3)68-53-45-62(46-54-68)85-58-34-24-20-16-12-8-4/h25-30,35-54H,5-24,31-34,55-58H2,1-4H3. The van der Waals surface area contributed by atoms with Gasteiger partial charge in [0.15, 0.2) is 0 Å². The Labute approximate surface area is 541 Å². The van der Waals surface area contributed by atoms with Crippen molar-refractivity contribution in [1.82, 2.24) is 0 Å². The van der Waals surface area contributed by atoms with E-state index in [2.05, 4.69) is 27.7 Å². The Kier molecular flexibility index (Phi) is 30.3. The molecule has 6 aromatic rings. The lowest BCUT2D eigenvalue weighted by atomic mass is 10.1. The number of halogens is 6. The van der Waals surface area contributed by atoms with Crippen molar-refractivity contribution in [3.63, 3.8) is 0 Å². The van der Waals surface area contributed by atoms with Gasteiger partial charge in [-0.15, -0.1) is 0 Å². The van der Waals surface area contributed by atoms with Crippen LogP contribution in [-0.2, 0) is 27.5 Å². The molecule has 0 spiro atoms. The molecule has 0 heterocycles. The summed E-state index contributed by atoms with van der Waals surface area (Å²) in [5.41, 5.74) is 0. The maximum absolute atomic E-state index is 17.3. The molecule has 0 aliphatic rings. The Morgan fingerprint density at radius 3 is 0.692 bits per heavy atom. The van der Waals surface area contributed by atoms with Crippen LogP contribution in [0.25, 0.3) is 0 Å².